The maximum absolute atomic E-state index is 12.7. The smallest absolute Gasteiger partial charge is 0.306 e. The van der Waals surface area contributed by atoms with Crippen LogP contribution in [0.2, 0.25) is 0 Å². The number of carboxylic acids is 1. The van der Waals surface area contributed by atoms with Gasteiger partial charge >= 0.3 is 11.9 Å². The van der Waals surface area contributed by atoms with Gasteiger partial charge in [0.1, 0.15) is 6.10 Å². The topological polar surface area (TPSA) is 63.6 Å². The van der Waals surface area contributed by atoms with E-state index in [1.807, 2.05) is 0 Å². The molecule has 1 unspecified atom stereocenters. The van der Waals surface area contributed by atoms with E-state index in [4.69, 9.17) is 9.84 Å². The Balaban J connectivity index is 4.05. The molecular formula is C45H84O4. The summed E-state index contributed by atoms with van der Waals surface area (Å²) in [5, 5.41) is 8.84. The largest absolute Gasteiger partial charge is 0.481 e. The van der Waals surface area contributed by atoms with E-state index in [-0.39, 0.29) is 18.5 Å². The molecule has 0 rings (SSSR count). The lowest BCUT2D eigenvalue weighted by atomic mass is 10.0. The Morgan fingerprint density at radius 1 is 0.429 bits per heavy atom. The van der Waals surface area contributed by atoms with Crippen LogP contribution < -0.4 is 0 Å². The van der Waals surface area contributed by atoms with Crippen molar-refractivity contribution in [3.63, 3.8) is 0 Å². The van der Waals surface area contributed by atoms with E-state index in [2.05, 4.69) is 38.2 Å². The fourth-order valence-corrected chi connectivity index (χ4v) is 6.65. The van der Waals surface area contributed by atoms with Crippen molar-refractivity contribution in [1.82, 2.24) is 0 Å². The first-order chi connectivity index (χ1) is 24.1. The number of ether oxygens (including phenoxy) is 1. The minimum atomic E-state index is -0.701. The van der Waals surface area contributed by atoms with Crippen molar-refractivity contribution in [3.05, 3.63) is 24.3 Å². The quantitative estimate of drug-likeness (QED) is 0.0395. The van der Waals surface area contributed by atoms with Gasteiger partial charge in [-0.1, -0.05) is 167 Å². The zero-order chi connectivity index (χ0) is 35.7. The predicted octanol–water partition coefficient (Wildman–Crippen LogP) is 15.2. The third kappa shape index (κ3) is 40.7. The number of aliphatic carboxylic acids is 1. The number of carbonyl (C=O) groups is 2. The van der Waals surface area contributed by atoms with Gasteiger partial charge < -0.3 is 9.84 Å². The lowest BCUT2D eigenvalue weighted by molar-refractivity contribution is -0.150. The first kappa shape index (κ1) is 47.4. The molecule has 0 saturated heterocycles. The maximum atomic E-state index is 12.7. The molecule has 4 heteroatoms. The van der Waals surface area contributed by atoms with E-state index in [1.54, 1.807) is 0 Å². The van der Waals surface area contributed by atoms with E-state index in [0.717, 1.165) is 70.6 Å². The molecule has 288 valence electrons. The van der Waals surface area contributed by atoms with Crippen LogP contribution in [0.5, 0.6) is 0 Å². The lowest BCUT2D eigenvalue weighted by Gasteiger charge is -2.18. The van der Waals surface area contributed by atoms with Gasteiger partial charge in [-0.2, -0.15) is 0 Å². The van der Waals surface area contributed by atoms with Gasteiger partial charge in [-0.15, -0.1) is 0 Å². The van der Waals surface area contributed by atoms with E-state index in [9.17, 15) is 9.59 Å². The minimum absolute atomic E-state index is 0.0105. The summed E-state index contributed by atoms with van der Waals surface area (Å²) in [6, 6.07) is 0. The van der Waals surface area contributed by atoms with E-state index in [1.165, 1.54) is 148 Å². The average molecular weight is 689 g/mol. The fraction of sp³-hybridized carbons (Fsp3) is 0.867. The monoisotopic (exact) mass is 689 g/mol. The summed E-state index contributed by atoms with van der Waals surface area (Å²) in [4.78, 5) is 23.4. The molecule has 0 spiro atoms. The van der Waals surface area contributed by atoms with E-state index >= 15 is 0 Å². The zero-order valence-corrected chi connectivity index (χ0v) is 33.0. The molecule has 0 aromatic carbocycles. The molecule has 0 fully saturated rings. The Bertz CT molecular complexity index is 742. The molecule has 0 amide bonds. The number of hydrogen-bond acceptors (Lipinski definition) is 3. The number of unbranched alkanes of at least 4 members (excludes halogenated alkanes) is 27. The highest BCUT2D eigenvalue weighted by Crippen LogP contribution is 2.18. The molecular weight excluding hydrogens is 604 g/mol. The number of carboxylic acid groups (broad SMARTS) is 1. The van der Waals surface area contributed by atoms with Crippen LogP contribution in [0.15, 0.2) is 24.3 Å². The minimum Gasteiger partial charge on any atom is -0.481 e. The first-order valence-corrected chi connectivity index (χ1v) is 21.8. The molecule has 49 heavy (non-hydrogen) atoms. The van der Waals surface area contributed by atoms with Crippen molar-refractivity contribution in [2.45, 2.75) is 251 Å². The number of esters is 1. The molecule has 0 aliphatic rings. The van der Waals surface area contributed by atoms with Crippen LogP contribution in [0.4, 0.5) is 0 Å². The Morgan fingerprint density at radius 3 is 1.12 bits per heavy atom. The highest BCUT2D eigenvalue weighted by Gasteiger charge is 2.14. The second-order valence-electron chi connectivity index (χ2n) is 14.9. The van der Waals surface area contributed by atoms with Crippen LogP contribution in [0.1, 0.15) is 245 Å². The van der Waals surface area contributed by atoms with Crippen molar-refractivity contribution < 1.29 is 19.4 Å². The van der Waals surface area contributed by atoms with Crippen molar-refractivity contribution in [2.24, 2.45) is 0 Å². The second-order valence-corrected chi connectivity index (χ2v) is 14.9. The van der Waals surface area contributed by atoms with Crippen molar-refractivity contribution >= 4 is 11.9 Å². The first-order valence-electron chi connectivity index (χ1n) is 21.8. The lowest BCUT2D eigenvalue weighted by Crippen LogP contribution is -2.18. The number of hydrogen-bond donors (Lipinski definition) is 1. The van der Waals surface area contributed by atoms with Crippen LogP contribution in [0, 0.1) is 0 Å². The number of allylic oxidation sites excluding steroid dienone is 4. The number of rotatable bonds is 40. The van der Waals surface area contributed by atoms with Gasteiger partial charge in [0, 0.05) is 12.8 Å². The van der Waals surface area contributed by atoms with Crippen molar-refractivity contribution in [1.29, 1.82) is 0 Å². The molecule has 0 aromatic heterocycles. The fourth-order valence-electron chi connectivity index (χ4n) is 6.65. The summed E-state index contributed by atoms with van der Waals surface area (Å²) in [6.07, 6.45) is 52.0. The van der Waals surface area contributed by atoms with Crippen LogP contribution in [0.3, 0.4) is 0 Å². The molecule has 1 N–H and O–H groups in total. The van der Waals surface area contributed by atoms with Crippen LogP contribution in [0.25, 0.3) is 0 Å². The van der Waals surface area contributed by atoms with Gasteiger partial charge in [0.15, 0.2) is 0 Å². The number of carbonyl (C=O) groups excluding carboxylic acids is 1. The Labute approximate surface area is 306 Å². The molecule has 0 heterocycles. The van der Waals surface area contributed by atoms with Crippen LogP contribution in [-0.4, -0.2) is 23.1 Å². The molecule has 0 aliphatic heterocycles. The summed E-state index contributed by atoms with van der Waals surface area (Å²) in [7, 11) is 0. The molecule has 0 aromatic rings. The highest BCUT2D eigenvalue weighted by atomic mass is 16.5. The van der Waals surface area contributed by atoms with E-state index < -0.39 is 5.97 Å². The molecule has 0 bridgehead atoms. The highest BCUT2D eigenvalue weighted by molar-refractivity contribution is 5.69. The Morgan fingerprint density at radius 2 is 0.735 bits per heavy atom. The van der Waals surface area contributed by atoms with Gasteiger partial charge in [0.25, 0.3) is 0 Å². The molecule has 0 aliphatic carbocycles. The Kier molecular flexibility index (Phi) is 39.5. The zero-order valence-electron chi connectivity index (χ0n) is 33.0. The summed E-state index contributed by atoms with van der Waals surface area (Å²) < 4.78 is 6.01. The third-order valence-corrected chi connectivity index (χ3v) is 9.90. The molecule has 0 radical (unpaired) electrons. The van der Waals surface area contributed by atoms with E-state index in [0.29, 0.717) is 6.42 Å². The molecule has 0 saturated carbocycles. The second kappa shape index (κ2) is 40.8. The SMILES string of the molecule is CCCCCCCCC/C=C\CCCCCCCC(=O)OC(CCCCC/C=C\CCCCCCCCCC)CCCCCCCC(=O)O. The average Bonchev–Trinajstić information content (AvgIpc) is 3.09. The van der Waals surface area contributed by atoms with Gasteiger partial charge in [0.05, 0.1) is 0 Å². The molecule has 1 atom stereocenters. The van der Waals surface area contributed by atoms with Crippen LogP contribution >= 0.6 is 0 Å². The van der Waals surface area contributed by atoms with Gasteiger partial charge in [0.2, 0.25) is 0 Å². The maximum Gasteiger partial charge on any atom is 0.306 e. The van der Waals surface area contributed by atoms with Gasteiger partial charge in [-0.25, -0.2) is 0 Å². The normalized spacial score (nSPS) is 12.4. The predicted molar refractivity (Wildman–Crippen MR) is 213 cm³/mol. The van der Waals surface area contributed by atoms with Gasteiger partial charge in [-0.3, -0.25) is 9.59 Å². The van der Waals surface area contributed by atoms with Crippen molar-refractivity contribution in [3.8, 4) is 0 Å². The standard InChI is InChI=1S/C45H84O4/c1-3-5-7-9-11-13-15-17-19-21-23-25-27-29-34-38-42-45(48)49-43(40-36-32-30-33-37-41-44(46)47)39-35-31-28-26-24-22-20-18-16-14-12-10-8-6-4-2/h19,21-22,24,43H,3-18,20,23,25-42H2,1-2H3,(H,46,47)/b21-19-,24-22-. The van der Waals surface area contributed by atoms with Crippen molar-refractivity contribution in [2.75, 3.05) is 0 Å². The summed E-state index contributed by atoms with van der Waals surface area (Å²) in [6.45, 7) is 4.56. The summed E-state index contributed by atoms with van der Waals surface area (Å²) in [5.74, 6) is -0.712. The Hall–Kier alpha value is -1.58. The summed E-state index contributed by atoms with van der Waals surface area (Å²) >= 11 is 0. The molecule has 4 nitrogen and oxygen atoms in total. The third-order valence-electron chi connectivity index (χ3n) is 9.90. The summed E-state index contributed by atoms with van der Waals surface area (Å²) in [5.41, 5.74) is 0. The van der Waals surface area contributed by atoms with Crippen LogP contribution in [-0.2, 0) is 14.3 Å². The van der Waals surface area contributed by atoms with Gasteiger partial charge in [-0.05, 0) is 89.9 Å².